The van der Waals surface area contributed by atoms with Crippen molar-refractivity contribution in [3.8, 4) is 0 Å². The molecule has 2 unspecified atom stereocenters. The van der Waals surface area contributed by atoms with Gasteiger partial charge in [0.1, 0.15) is 11.8 Å². The molecule has 0 fully saturated rings. The molecule has 0 radical (unpaired) electrons. The van der Waals surface area contributed by atoms with Gasteiger partial charge in [0, 0.05) is 12.8 Å². The van der Waals surface area contributed by atoms with Crippen molar-refractivity contribution < 1.29 is 14.7 Å². The predicted octanol–water partition coefficient (Wildman–Crippen LogP) is 1.26. The van der Waals surface area contributed by atoms with Crippen LogP contribution in [0, 0.1) is 0 Å². The summed E-state index contributed by atoms with van der Waals surface area (Å²) in [7, 11) is 0. The molecule has 18 heavy (non-hydrogen) atoms. The second kappa shape index (κ2) is 4.90. The number of carboxylic acid groups (broad SMARTS) is 1. The number of carboxylic acids is 1. The van der Waals surface area contributed by atoms with E-state index in [1.165, 1.54) is 0 Å². The van der Waals surface area contributed by atoms with E-state index in [1.54, 1.807) is 0 Å². The average molecular weight is 247 g/mol. The second-order valence-electron chi connectivity index (χ2n) is 5.00. The standard InChI is InChI=1S/C14H17NO3/c1-8-4-11(16)7-10-3-2-9(5-12(8)10)6-13(15)14(17)18/h2-3,5,8,13H,4,6-7,15H2,1H3,(H,17,18). The van der Waals surface area contributed by atoms with Crippen molar-refractivity contribution in [1.29, 1.82) is 0 Å². The predicted molar refractivity (Wildman–Crippen MR) is 67.5 cm³/mol. The van der Waals surface area contributed by atoms with E-state index < -0.39 is 12.0 Å². The summed E-state index contributed by atoms with van der Waals surface area (Å²) < 4.78 is 0. The number of Topliss-reactive ketones (excluding diaryl/α,β-unsaturated/α-hetero) is 1. The summed E-state index contributed by atoms with van der Waals surface area (Å²) in [5.74, 6) is -0.511. The van der Waals surface area contributed by atoms with Crippen LogP contribution >= 0.6 is 0 Å². The number of carbonyl (C=O) groups excluding carboxylic acids is 1. The molecule has 1 aromatic carbocycles. The number of benzene rings is 1. The monoisotopic (exact) mass is 247 g/mol. The van der Waals surface area contributed by atoms with E-state index in [4.69, 9.17) is 10.8 Å². The highest BCUT2D eigenvalue weighted by molar-refractivity contribution is 5.84. The molecule has 0 aromatic heterocycles. The third-order valence-corrected chi connectivity index (χ3v) is 3.44. The van der Waals surface area contributed by atoms with E-state index in [9.17, 15) is 9.59 Å². The lowest BCUT2D eigenvalue weighted by Gasteiger charge is -2.22. The molecule has 0 aliphatic heterocycles. The molecule has 1 aliphatic carbocycles. The zero-order valence-electron chi connectivity index (χ0n) is 10.3. The van der Waals surface area contributed by atoms with E-state index in [2.05, 4.69) is 0 Å². The topological polar surface area (TPSA) is 80.4 Å². The molecule has 0 heterocycles. The Bertz CT molecular complexity index is 496. The molecule has 1 aromatic rings. The zero-order valence-corrected chi connectivity index (χ0v) is 10.3. The number of fused-ring (bicyclic) bond motifs is 1. The first-order valence-corrected chi connectivity index (χ1v) is 6.09. The van der Waals surface area contributed by atoms with Crippen molar-refractivity contribution in [3.63, 3.8) is 0 Å². The number of aliphatic carboxylic acids is 1. The van der Waals surface area contributed by atoms with Gasteiger partial charge in [-0.1, -0.05) is 25.1 Å². The summed E-state index contributed by atoms with van der Waals surface area (Å²) in [5.41, 5.74) is 8.67. The number of hydrogen-bond acceptors (Lipinski definition) is 3. The number of ketones is 1. The maximum absolute atomic E-state index is 11.5. The molecule has 0 bridgehead atoms. The fourth-order valence-electron chi connectivity index (χ4n) is 2.47. The van der Waals surface area contributed by atoms with E-state index in [1.807, 2.05) is 25.1 Å². The van der Waals surface area contributed by atoms with Gasteiger partial charge in [0.2, 0.25) is 0 Å². The Hall–Kier alpha value is -1.68. The highest BCUT2D eigenvalue weighted by Crippen LogP contribution is 2.30. The number of hydrogen-bond donors (Lipinski definition) is 2. The Morgan fingerprint density at radius 2 is 2.28 bits per heavy atom. The molecule has 4 nitrogen and oxygen atoms in total. The van der Waals surface area contributed by atoms with Crippen molar-refractivity contribution in [3.05, 3.63) is 34.9 Å². The average Bonchev–Trinajstić information content (AvgIpc) is 2.29. The minimum Gasteiger partial charge on any atom is -0.480 e. The fourth-order valence-corrected chi connectivity index (χ4v) is 2.47. The molecule has 2 rings (SSSR count). The molecule has 4 heteroatoms. The van der Waals surface area contributed by atoms with Crippen LogP contribution in [0.3, 0.4) is 0 Å². The first kappa shape index (κ1) is 12.8. The van der Waals surface area contributed by atoms with Gasteiger partial charge in [-0.15, -0.1) is 0 Å². The van der Waals surface area contributed by atoms with Gasteiger partial charge in [-0.3, -0.25) is 9.59 Å². The summed E-state index contributed by atoms with van der Waals surface area (Å²) in [6, 6.07) is 4.92. The van der Waals surface area contributed by atoms with Gasteiger partial charge < -0.3 is 10.8 Å². The van der Waals surface area contributed by atoms with E-state index in [0.29, 0.717) is 19.3 Å². The smallest absolute Gasteiger partial charge is 0.320 e. The van der Waals surface area contributed by atoms with Crippen LogP contribution in [-0.2, 0) is 22.4 Å². The van der Waals surface area contributed by atoms with E-state index >= 15 is 0 Å². The van der Waals surface area contributed by atoms with Crippen molar-refractivity contribution in [1.82, 2.24) is 0 Å². The Kier molecular flexibility index (Phi) is 3.48. The molecular weight excluding hydrogens is 230 g/mol. The number of rotatable bonds is 3. The summed E-state index contributed by atoms with van der Waals surface area (Å²) in [6.07, 6.45) is 1.38. The molecule has 0 saturated carbocycles. The van der Waals surface area contributed by atoms with Crippen LogP contribution in [0.25, 0.3) is 0 Å². The van der Waals surface area contributed by atoms with E-state index in [0.717, 1.165) is 16.7 Å². The fraction of sp³-hybridized carbons (Fsp3) is 0.429. The maximum atomic E-state index is 11.5. The SMILES string of the molecule is CC1CC(=O)Cc2ccc(CC(N)C(=O)O)cc21. The van der Waals surface area contributed by atoms with Crippen LogP contribution in [0.5, 0.6) is 0 Å². The first-order chi connectivity index (χ1) is 8.47. The maximum Gasteiger partial charge on any atom is 0.320 e. The van der Waals surface area contributed by atoms with Crippen LogP contribution in [0.2, 0.25) is 0 Å². The molecule has 0 spiro atoms. The van der Waals surface area contributed by atoms with Gasteiger partial charge in [-0.05, 0) is 29.0 Å². The largest absolute Gasteiger partial charge is 0.480 e. The lowest BCUT2D eigenvalue weighted by molar-refractivity contribution is -0.138. The molecule has 0 saturated heterocycles. The van der Waals surface area contributed by atoms with Crippen LogP contribution in [-0.4, -0.2) is 22.9 Å². The summed E-state index contributed by atoms with van der Waals surface area (Å²) in [4.78, 5) is 22.2. The molecular formula is C14H17NO3. The molecule has 96 valence electrons. The van der Waals surface area contributed by atoms with Gasteiger partial charge in [0.25, 0.3) is 0 Å². The van der Waals surface area contributed by atoms with E-state index in [-0.39, 0.29) is 11.7 Å². The van der Waals surface area contributed by atoms with Gasteiger partial charge in [0.15, 0.2) is 0 Å². The lowest BCUT2D eigenvalue weighted by Crippen LogP contribution is -2.32. The normalized spacial score (nSPS) is 20.3. The zero-order chi connectivity index (χ0) is 13.3. The van der Waals surface area contributed by atoms with Crippen molar-refractivity contribution >= 4 is 11.8 Å². The van der Waals surface area contributed by atoms with Crippen LogP contribution in [0.15, 0.2) is 18.2 Å². The molecule has 1 aliphatic rings. The molecule has 3 N–H and O–H groups in total. The lowest BCUT2D eigenvalue weighted by atomic mass is 9.82. The summed E-state index contributed by atoms with van der Waals surface area (Å²) in [5, 5.41) is 8.80. The Morgan fingerprint density at radius 1 is 1.56 bits per heavy atom. The van der Waals surface area contributed by atoms with Crippen molar-refractivity contribution in [2.45, 2.75) is 38.1 Å². The first-order valence-electron chi connectivity index (χ1n) is 6.09. The van der Waals surface area contributed by atoms with Crippen molar-refractivity contribution in [2.75, 3.05) is 0 Å². The van der Waals surface area contributed by atoms with Gasteiger partial charge in [-0.2, -0.15) is 0 Å². The van der Waals surface area contributed by atoms with Gasteiger partial charge >= 0.3 is 5.97 Å². The summed E-state index contributed by atoms with van der Waals surface area (Å²) in [6.45, 7) is 2.02. The Labute approximate surface area is 106 Å². The van der Waals surface area contributed by atoms with Gasteiger partial charge in [0.05, 0.1) is 0 Å². The number of carbonyl (C=O) groups is 2. The Morgan fingerprint density at radius 3 is 2.94 bits per heavy atom. The minimum absolute atomic E-state index is 0.210. The quantitative estimate of drug-likeness (QED) is 0.842. The highest BCUT2D eigenvalue weighted by Gasteiger charge is 2.22. The molecule has 2 atom stereocenters. The Balaban J connectivity index is 2.24. The van der Waals surface area contributed by atoms with Crippen LogP contribution < -0.4 is 5.73 Å². The third kappa shape index (κ3) is 2.59. The van der Waals surface area contributed by atoms with Crippen LogP contribution in [0.1, 0.15) is 36.0 Å². The van der Waals surface area contributed by atoms with Crippen molar-refractivity contribution in [2.24, 2.45) is 5.73 Å². The minimum atomic E-state index is -0.990. The highest BCUT2D eigenvalue weighted by atomic mass is 16.4. The second-order valence-corrected chi connectivity index (χ2v) is 5.00. The number of nitrogens with two attached hydrogens (primary N) is 1. The van der Waals surface area contributed by atoms with Gasteiger partial charge in [-0.25, -0.2) is 0 Å². The van der Waals surface area contributed by atoms with Crippen LogP contribution in [0.4, 0.5) is 0 Å². The third-order valence-electron chi connectivity index (χ3n) is 3.44. The summed E-state index contributed by atoms with van der Waals surface area (Å²) >= 11 is 0. The molecule has 0 amide bonds.